The van der Waals surface area contributed by atoms with E-state index in [4.69, 9.17) is 30.4 Å². The van der Waals surface area contributed by atoms with E-state index in [1.165, 1.54) is 63.9 Å². The number of rotatable bonds is 33. The number of Topliss-reactive ketones (excluding diaryl/α,β-unsaturated/α-hetero) is 2. The molecular weight excluding hydrogens is 993 g/mol. The first kappa shape index (κ1) is 56.6. The Morgan fingerprint density at radius 2 is 1.00 bits per heavy atom. The number of para-hydroxylation sites is 2. The third kappa shape index (κ3) is 12.7. The number of fused-ring (bicyclic) bond motifs is 5. The van der Waals surface area contributed by atoms with Crippen LogP contribution in [-0.4, -0.2) is 68.8 Å². The second-order valence-corrected chi connectivity index (χ2v) is 20.8. The zero-order chi connectivity index (χ0) is 55.3. The molecule has 1 atom stereocenters. The van der Waals surface area contributed by atoms with Gasteiger partial charge in [0.25, 0.3) is 11.9 Å². The molecule has 78 heavy (non-hydrogen) atoms. The molecule has 0 saturated heterocycles. The molecule has 0 saturated carbocycles. The number of aryl methyl sites for hydroxylation is 2. The lowest BCUT2D eigenvalue weighted by Crippen LogP contribution is -2.43. The SMILES string of the molecule is Cc1c(N)c2c3c(ccc2n1CCCCCCCCCCCCOc1ccccc1-c1ccccc1OCCCCCCCCCCCCn1c(C)c(N)c2c(OCC(=O)O)c4c(=O)c(=O)c4cc21)C(=O)C(=O)C(C(=O)O)O3. The summed E-state index contributed by atoms with van der Waals surface area (Å²) in [6.45, 7) is 5.90. The van der Waals surface area contributed by atoms with Crippen LogP contribution < -0.4 is 41.3 Å². The number of nitrogens with zero attached hydrogens (tertiary/aromatic N) is 2. The summed E-state index contributed by atoms with van der Waals surface area (Å²) >= 11 is 0. The summed E-state index contributed by atoms with van der Waals surface area (Å²) in [6.07, 6.45) is 20.5. The fourth-order valence-electron chi connectivity index (χ4n) is 11.1. The van der Waals surface area contributed by atoms with E-state index in [1.54, 1.807) is 12.1 Å². The highest BCUT2D eigenvalue weighted by Crippen LogP contribution is 2.43. The molecular formula is C62H74N4O12. The van der Waals surface area contributed by atoms with Crippen LogP contribution in [0.15, 0.2) is 76.3 Å². The van der Waals surface area contributed by atoms with Gasteiger partial charge in [0.15, 0.2) is 6.61 Å². The van der Waals surface area contributed by atoms with Crippen LogP contribution in [0, 0.1) is 13.8 Å². The number of anilines is 2. The highest BCUT2D eigenvalue weighted by molar-refractivity contribution is 6.49. The van der Waals surface area contributed by atoms with Crippen LogP contribution in [0.5, 0.6) is 23.0 Å². The third-order valence-corrected chi connectivity index (χ3v) is 15.4. The van der Waals surface area contributed by atoms with Gasteiger partial charge < -0.3 is 49.8 Å². The highest BCUT2D eigenvalue weighted by Gasteiger charge is 2.42. The molecule has 0 spiro atoms. The topological polar surface area (TPSA) is 242 Å². The monoisotopic (exact) mass is 1070 g/mol. The number of nitrogen functional groups attached to an aromatic ring is 2. The Balaban J connectivity index is 0.657. The molecule has 16 heteroatoms. The second kappa shape index (κ2) is 26.6. The van der Waals surface area contributed by atoms with Crippen LogP contribution in [0.1, 0.15) is 150 Å². The molecule has 0 aliphatic carbocycles. The van der Waals surface area contributed by atoms with E-state index >= 15 is 0 Å². The Kier molecular flexibility index (Phi) is 19.3. The minimum Gasteiger partial charge on any atom is -0.493 e. The summed E-state index contributed by atoms with van der Waals surface area (Å²) in [6, 6.07) is 21.4. The summed E-state index contributed by atoms with van der Waals surface area (Å²) in [5, 5.41) is 20.0. The van der Waals surface area contributed by atoms with Crippen molar-refractivity contribution in [3.8, 4) is 34.1 Å². The van der Waals surface area contributed by atoms with Gasteiger partial charge in [-0.1, -0.05) is 139 Å². The Labute approximate surface area is 454 Å². The van der Waals surface area contributed by atoms with Gasteiger partial charge in [-0.15, -0.1) is 0 Å². The first-order valence-corrected chi connectivity index (χ1v) is 28.0. The number of aliphatic carboxylic acids is 2. The molecule has 0 fully saturated rings. The molecule has 0 radical (unpaired) electrons. The lowest BCUT2D eigenvalue weighted by molar-refractivity contribution is -0.149. The van der Waals surface area contributed by atoms with E-state index in [2.05, 4.69) is 16.7 Å². The van der Waals surface area contributed by atoms with Gasteiger partial charge in [0, 0.05) is 41.0 Å². The minimum absolute atomic E-state index is 0.0467. The Hall–Kier alpha value is -7.62. The molecule has 414 valence electrons. The van der Waals surface area contributed by atoms with Crippen molar-refractivity contribution in [3.05, 3.63) is 104 Å². The van der Waals surface area contributed by atoms with Crippen LogP contribution in [0.3, 0.4) is 0 Å². The van der Waals surface area contributed by atoms with Crippen molar-refractivity contribution in [2.24, 2.45) is 0 Å². The van der Waals surface area contributed by atoms with Crippen LogP contribution >= 0.6 is 0 Å². The third-order valence-electron chi connectivity index (χ3n) is 15.4. The molecule has 16 nitrogen and oxygen atoms in total. The summed E-state index contributed by atoms with van der Waals surface area (Å²) in [7, 11) is 0. The summed E-state index contributed by atoms with van der Waals surface area (Å²) < 4.78 is 28.0. The molecule has 1 aliphatic heterocycles. The average molecular weight is 1070 g/mol. The van der Waals surface area contributed by atoms with Crippen molar-refractivity contribution in [1.29, 1.82) is 0 Å². The van der Waals surface area contributed by atoms with Gasteiger partial charge in [-0.05, 0) is 69.9 Å². The molecule has 3 heterocycles. The number of aromatic nitrogens is 2. The van der Waals surface area contributed by atoms with Gasteiger partial charge >= 0.3 is 11.9 Å². The lowest BCUT2D eigenvalue weighted by atomic mass is 9.97. The standard InChI is InChI=1S/C62H74N4O12/c1-39-53(63)51-45(32-31-43-55(69)58(72)61(62(73)74)78-59(43)51)65(39)33-23-15-11-7-3-5-9-13-17-25-35-75-47-29-21-19-27-41(47)42-28-20-22-30-48(42)76-36-26-18-14-10-6-4-8-12-16-24-34-66-40(2)54(64)52-46(66)37-44-50(57(71)56(44)70)60(52)77-38-49(67)68/h19-22,27-32,37,61H,3-18,23-26,33-36,38,63-64H2,1-2H3,(H,67,68)(H,73,74). The van der Waals surface area contributed by atoms with Gasteiger partial charge in [0.2, 0.25) is 16.6 Å². The zero-order valence-corrected chi connectivity index (χ0v) is 45.1. The molecule has 0 bridgehead atoms. The zero-order valence-electron chi connectivity index (χ0n) is 45.1. The van der Waals surface area contributed by atoms with Crippen molar-refractivity contribution in [2.45, 2.75) is 161 Å². The second-order valence-electron chi connectivity index (χ2n) is 20.8. The number of ketones is 2. The number of carbonyl (C=O) groups is 4. The maximum Gasteiger partial charge on any atom is 0.353 e. The first-order chi connectivity index (χ1) is 37.8. The minimum atomic E-state index is -1.87. The molecule has 0 amide bonds. The van der Waals surface area contributed by atoms with E-state index in [9.17, 15) is 39.0 Å². The fraction of sp³-hybridized carbons (Fsp3) is 0.452. The van der Waals surface area contributed by atoms with E-state index in [-0.39, 0.29) is 27.8 Å². The van der Waals surface area contributed by atoms with E-state index in [1.807, 2.05) is 54.8 Å². The van der Waals surface area contributed by atoms with Crippen LogP contribution in [-0.2, 0) is 27.5 Å². The largest absolute Gasteiger partial charge is 0.493 e. The number of ether oxygens (including phenoxy) is 4. The Morgan fingerprint density at radius 3 is 1.50 bits per heavy atom. The van der Waals surface area contributed by atoms with Crippen LogP contribution in [0.2, 0.25) is 0 Å². The van der Waals surface area contributed by atoms with Crippen LogP contribution in [0.25, 0.3) is 43.7 Å². The molecule has 1 aliphatic rings. The molecule has 6 N–H and O–H groups in total. The van der Waals surface area contributed by atoms with Gasteiger partial charge in [-0.3, -0.25) is 19.2 Å². The molecule has 2 aromatic heterocycles. The molecule has 7 aromatic rings. The maximum absolute atomic E-state index is 12.7. The molecule has 8 rings (SSSR count). The Morgan fingerprint density at radius 1 is 0.538 bits per heavy atom. The quantitative estimate of drug-likeness (QED) is 0.0170. The predicted octanol–water partition coefficient (Wildman–Crippen LogP) is 11.8. The van der Waals surface area contributed by atoms with Gasteiger partial charge in [0.1, 0.15) is 23.0 Å². The van der Waals surface area contributed by atoms with Crippen molar-refractivity contribution in [3.63, 3.8) is 0 Å². The van der Waals surface area contributed by atoms with Crippen molar-refractivity contribution >= 4 is 67.5 Å². The maximum atomic E-state index is 12.7. The van der Waals surface area contributed by atoms with Crippen molar-refractivity contribution in [2.75, 3.05) is 31.3 Å². The van der Waals surface area contributed by atoms with Crippen molar-refractivity contribution < 1.29 is 48.3 Å². The fourth-order valence-corrected chi connectivity index (χ4v) is 11.1. The highest BCUT2D eigenvalue weighted by atomic mass is 16.5. The number of benzene rings is 4. The van der Waals surface area contributed by atoms with E-state index in [0.29, 0.717) is 47.4 Å². The average Bonchev–Trinajstić information content (AvgIpc) is 3.83. The number of carboxylic acid groups (broad SMARTS) is 2. The number of hydrogen-bond acceptors (Lipinski definition) is 12. The number of carbonyl (C=O) groups excluding carboxylic acids is 2. The summed E-state index contributed by atoms with van der Waals surface area (Å²) in [5.74, 6) is -2.74. The number of unbranched alkanes of at least 4 members (excludes halogenated alkanes) is 18. The van der Waals surface area contributed by atoms with Crippen molar-refractivity contribution in [1.82, 2.24) is 9.13 Å². The normalized spacial score (nSPS) is 13.4. The van der Waals surface area contributed by atoms with E-state index in [0.717, 1.165) is 117 Å². The molecule has 5 aromatic carbocycles. The van der Waals surface area contributed by atoms with Gasteiger partial charge in [-0.25, -0.2) is 9.59 Å². The summed E-state index contributed by atoms with van der Waals surface area (Å²) in [4.78, 5) is 72.5. The smallest absolute Gasteiger partial charge is 0.353 e. The van der Waals surface area contributed by atoms with E-state index < -0.39 is 47.1 Å². The van der Waals surface area contributed by atoms with Crippen LogP contribution in [0.4, 0.5) is 11.4 Å². The molecule has 1 unspecified atom stereocenters. The Bertz CT molecular complexity index is 3360. The number of carboxylic acids is 2. The lowest BCUT2D eigenvalue weighted by Gasteiger charge is -2.22. The predicted molar refractivity (Wildman–Crippen MR) is 304 cm³/mol. The number of hydrogen-bond donors (Lipinski definition) is 4. The van der Waals surface area contributed by atoms with Gasteiger partial charge in [-0.2, -0.15) is 0 Å². The summed E-state index contributed by atoms with van der Waals surface area (Å²) in [5.41, 5.74) is 17.7. The number of nitrogens with two attached hydrogens (primary N) is 2. The van der Waals surface area contributed by atoms with Gasteiger partial charge in [0.05, 0.1) is 57.3 Å². The first-order valence-electron chi connectivity index (χ1n) is 28.0.